The average Bonchev–Trinajstić information content (AvgIpc) is 2.56. The first-order valence-corrected chi connectivity index (χ1v) is 7.19. The van der Waals surface area contributed by atoms with E-state index in [0.717, 1.165) is 5.56 Å². The van der Waals surface area contributed by atoms with E-state index in [1.54, 1.807) is 36.7 Å². The van der Waals surface area contributed by atoms with Crippen molar-refractivity contribution < 1.29 is 27.5 Å². The zero-order chi connectivity index (χ0) is 18.4. The molecule has 0 aliphatic carbocycles. The molecule has 25 heavy (non-hydrogen) atoms. The van der Waals surface area contributed by atoms with E-state index in [1.165, 1.54) is 24.3 Å². The molecule has 2 N–H and O–H groups in total. The Bertz CT molecular complexity index is 741. The van der Waals surface area contributed by atoms with Gasteiger partial charge in [0.25, 0.3) is 0 Å². The van der Waals surface area contributed by atoms with Crippen LogP contribution in [-0.4, -0.2) is 25.1 Å². The molecule has 0 aliphatic heterocycles. The minimum atomic E-state index is -4.95. The molecule has 8 heteroatoms. The number of nitrogens with one attached hydrogen (secondary N) is 2. The minimum absolute atomic E-state index is 0.0181. The highest BCUT2D eigenvalue weighted by Crippen LogP contribution is 2.20. The predicted molar refractivity (Wildman–Crippen MR) is 86.5 cm³/mol. The summed E-state index contributed by atoms with van der Waals surface area (Å²) in [7, 11) is 1.54. The number of benzene rings is 2. The van der Waals surface area contributed by atoms with Crippen LogP contribution in [0.15, 0.2) is 48.5 Å². The fourth-order valence-electron chi connectivity index (χ4n) is 1.97. The van der Waals surface area contributed by atoms with E-state index in [4.69, 9.17) is 4.74 Å². The third kappa shape index (κ3) is 5.52. The highest BCUT2D eigenvalue weighted by atomic mass is 19.4. The van der Waals surface area contributed by atoms with Crippen LogP contribution in [0.25, 0.3) is 0 Å². The number of carbonyl (C=O) groups excluding carboxylic acids is 2. The lowest BCUT2D eigenvalue weighted by molar-refractivity contribution is -0.167. The maximum absolute atomic E-state index is 12.2. The molecule has 2 aromatic carbocycles. The van der Waals surface area contributed by atoms with E-state index < -0.39 is 12.1 Å². The molecule has 0 saturated carbocycles. The van der Waals surface area contributed by atoms with E-state index in [-0.39, 0.29) is 18.0 Å². The summed E-state index contributed by atoms with van der Waals surface area (Å²) in [6, 6.07) is 12.3. The molecule has 0 spiro atoms. The maximum Gasteiger partial charge on any atom is 0.471 e. The number of carbonyl (C=O) groups is 2. The molecule has 2 amide bonds. The Morgan fingerprint density at radius 3 is 1.92 bits per heavy atom. The van der Waals surface area contributed by atoms with E-state index in [9.17, 15) is 22.8 Å². The normalized spacial score (nSPS) is 10.9. The van der Waals surface area contributed by atoms with E-state index in [1.807, 2.05) is 0 Å². The summed E-state index contributed by atoms with van der Waals surface area (Å²) < 4.78 is 41.5. The molecule has 0 unspecified atom stereocenters. The first kappa shape index (κ1) is 18.3. The van der Waals surface area contributed by atoms with Crippen LogP contribution in [0.1, 0.15) is 5.56 Å². The number of anilines is 2. The summed E-state index contributed by atoms with van der Waals surface area (Å²) >= 11 is 0. The van der Waals surface area contributed by atoms with Gasteiger partial charge in [-0.1, -0.05) is 12.1 Å². The van der Waals surface area contributed by atoms with Gasteiger partial charge in [0.1, 0.15) is 5.75 Å². The Balaban J connectivity index is 1.91. The number of rotatable bonds is 5. The highest BCUT2D eigenvalue weighted by molar-refractivity contribution is 5.96. The van der Waals surface area contributed by atoms with Crippen LogP contribution < -0.4 is 15.4 Å². The lowest BCUT2D eigenvalue weighted by atomic mass is 10.1. The van der Waals surface area contributed by atoms with Crippen LogP contribution in [0, 0.1) is 0 Å². The maximum atomic E-state index is 12.2. The first-order chi connectivity index (χ1) is 11.8. The number of amides is 2. The summed E-state index contributed by atoms with van der Waals surface area (Å²) in [4.78, 5) is 22.8. The van der Waals surface area contributed by atoms with Crippen LogP contribution in [0.2, 0.25) is 0 Å². The molecule has 0 bridgehead atoms. The van der Waals surface area contributed by atoms with Gasteiger partial charge in [0.2, 0.25) is 5.91 Å². The largest absolute Gasteiger partial charge is 0.497 e. The van der Waals surface area contributed by atoms with E-state index in [2.05, 4.69) is 5.32 Å². The predicted octanol–water partition coefficient (Wildman–Crippen LogP) is 3.38. The minimum Gasteiger partial charge on any atom is -0.497 e. The van der Waals surface area contributed by atoms with Crippen molar-refractivity contribution in [3.8, 4) is 5.75 Å². The third-order valence-electron chi connectivity index (χ3n) is 3.21. The zero-order valence-electron chi connectivity index (χ0n) is 13.2. The zero-order valence-corrected chi connectivity index (χ0v) is 13.2. The van der Waals surface area contributed by atoms with Crippen molar-refractivity contribution in [1.29, 1.82) is 0 Å². The van der Waals surface area contributed by atoms with Gasteiger partial charge in [0.15, 0.2) is 0 Å². The van der Waals surface area contributed by atoms with Crippen molar-refractivity contribution in [2.24, 2.45) is 0 Å². The van der Waals surface area contributed by atoms with Crippen molar-refractivity contribution in [1.82, 2.24) is 0 Å². The van der Waals surface area contributed by atoms with Gasteiger partial charge < -0.3 is 15.4 Å². The molecule has 5 nitrogen and oxygen atoms in total. The topological polar surface area (TPSA) is 67.4 Å². The van der Waals surface area contributed by atoms with Crippen LogP contribution >= 0.6 is 0 Å². The quantitative estimate of drug-likeness (QED) is 0.867. The summed E-state index contributed by atoms with van der Waals surface area (Å²) in [5.74, 6) is -1.65. The smallest absolute Gasteiger partial charge is 0.471 e. The van der Waals surface area contributed by atoms with E-state index >= 15 is 0 Å². The molecule has 0 aliphatic rings. The van der Waals surface area contributed by atoms with Crippen molar-refractivity contribution in [3.63, 3.8) is 0 Å². The molecular formula is C17H15F3N2O3. The SMILES string of the molecule is COc1ccc(CC(=O)Nc2ccc(NC(=O)C(F)(F)F)cc2)cc1. The van der Waals surface area contributed by atoms with Gasteiger partial charge in [0, 0.05) is 11.4 Å². The van der Waals surface area contributed by atoms with Gasteiger partial charge in [-0.25, -0.2) is 0 Å². The summed E-state index contributed by atoms with van der Waals surface area (Å²) in [6.07, 6.45) is -4.82. The summed E-state index contributed by atoms with van der Waals surface area (Å²) in [5, 5.41) is 4.35. The Hall–Kier alpha value is -3.03. The molecule has 0 aromatic heterocycles. The number of ether oxygens (including phenoxy) is 1. The van der Waals surface area contributed by atoms with Gasteiger partial charge in [-0.05, 0) is 42.0 Å². The molecule has 0 atom stereocenters. The van der Waals surface area contributed by atoms with Gasteiger partial charge >= 0.3 is 12.1 Å². The second-order valence-electron chi connectivity index (χ2n) is 5.10. The fourth-order valence-corrected chi connectivity index (χ4v) is 1.97. The Labute approximate surface area is 141 Å². The number of hydrogen-bond donors (Lipinski definition) is 2. The van der Waals surface area contributed by atoms with Gasteiger partial charge in [-0.2, -0.15) is 13.2 Å². The summed E-state index contributed by atoms with van der Waals surface area (Å²) in [5.41, 5.74) is 1.17. The lowest BCUT2D eigenvalue weighted by Crippen LogP contribution is -2.29. The Morgan fingerprint density at radius 1 is 0.920 bits per heavy atom. The molecule has 2 aromatic rings. The van der Waals surface area contributed by atoms with Crippen molar-refractivity contribution in [2.75, 3.05) is 17.7 Å². The van der Waals surface area contributed by atoms with Gasteiger partial charge in [-0.3, -0.25) is 9.59 Å². The Morgan fingerprint density at radius 2 is 1.44 bits per heavy atom. The summed E-state index contributed by atoms with van der Waals surface area (Å²) in [6.45, 7) is 0. The van der Waals surface area contributed by atoms with Gasteiger partial charge in [-0.15, -0.1) is 0 Å². The molecule has 2 rings (SSSR count). The first-order valence-electron chi connectivity index (χ1n) is 7.19. The third-order valence-corrected chi connectivity index (χ3v) is 3.21. The van der Waals surface area contributed by atoms with Crippen LogP contribution in [0.4, 0.5) is 24.5 Å². The second kappa shape index (κ2) is 7.69. The van der Waals surface area contributed by atoms with Gasteiger partial charge in [0.05, 0.1) is 13.5 Å². The van der Waals surface area contributed by atoms with Crippen molar-refractivity contribution >= 4 is 23.2 Å². The molecule has 0 fully saturated rings. The molecule has 132 valence electrons. The van der Waals surface area contributed by atoms with Crippen LogP contribution in [0.3, 0.4) is 0 Å². The molecule has 0 heterocycles. The van der Waals surface area contributed by atoms with Crippen molar-refractivity contribution in [3.05, 3.63) is 54.1 Å². The van der Waals surface area contributed by atoms with Crippen molar-refractivity contribution in [2.45, 2.75) is 12.6 Å². The Kier molecular flexibility index (Phi) is 5.63. The monoisotopic (exact) mass is 352 g/mol. The van der Waals surface area contributed by atoms with Crippen LogP contribution in [0.5, 0.6) is 5.75 Å². The fraction of sp³-hybridized carbons (Fsp3) is 0.176. The van der Waals surface area contributed by atoms with Crippen LogP contribution in [-0.2, 0) is 16.0 Å². The molecular weight excluding hydrogens is 337 g/mol. The number of methoxy groups -OCH3 is 1. The number of hydrogen-bond acceptors (Lipinski definition) is 3. The highest BCUT2D eigenvalue weighted by Gasteiger charge is 2.38. The van der Waals surface area contributed by atoms with E-state index in [0.29, 0.717) is 11.4 Å². The molecule has 0 saturated heterocycles. The second-order valence-corrected chi connectivity index (χ2v) is 5.10. The average molecular weight is 352 g/mol. The number of halogens is 3. The molecule has 0 radical (unpaired) electrons. The number of alkyl halides is 3. The standard InChI is InChI=1S/C17H15F3N2O3/c1-25-14-8-2-11(3-9-14)10-15(23)21-12-4-6-13(7-5-12)22-16(24)17(18,19)20/h2-9H,10H2,1H3,(H,21,23)(H,22,24). The lowest BCUT2D eigenvalue weighted by Gasteiger charge is -2.09.